The van der Waals surface area contributed by atoms with Crippen molar-refractivity contribution in [3.8, 4) is 11.4 Å². The summed E-state index contributed by atoms with van der Waals surface area (Å²) in [5.41, 5.74) is 2.07. The Kier molecular flexibility index (Phi) is 5.28. The number of nitrogens with zero attached hydrogens (tertiary/aromatic N) is 5. The normalized spacial score (nSPS) is 20.7. The van der Waals surface area contributed by atoms with Crippen LogP contribution in [0.25, 0.3) is 11.4 Å². The van der Waals surface area contributed by atoms with E-state index in [4.69, 9.17) is 9.72 Å². The van der Waals surface area contributed by atoms with E-state index in [9.17, 15) is 4.79 Å². The molecular weight excluding hydrogens is 390 g/mol. The molecular formula is C24H27N5O2. The predicted molar refractivity (Wildman–Crippen MR) is 119 cm³/mol. The number of hydrogen-bond acceptors (Lipinski definition) is 6. The summed E-state index contributed by atoms with van der Waals surface area (Å²) in [6, 6.07) is 13.7. The van der Waals surface area contributed by atoms with E-state index in [2.05, 4.69) is 39.1 Å². The molecule has 3 heterocycles. The second kappa shape index (κ2) is 8.23. The highest BCUT2D eigenvalue weighted by Gasteiger charge is 2.43. The molecule has 1 aliphatic carbocycles. The monoisotopic (exact) mass is 417 g/mol. The summed E-state index contributed by atoms with van der Waals surface area (Å²) in [5, 5.41) is 0. The molecule has 3 aromatic rings. The van der Waals surface area contributed by atoms with Crippen LogP contribution in [0.4, 0.5) is 5.95 Å². The summed E-state index contributed by atoms with van der Waals surface area (Å²) in [6.07, 6.45) is 8.74. The van der Waals surface area contributed by atoms with Crippen molar-refractivity contribution in [2.75, 3.05) is 18.0 Å². The highest BCUT2D eigenvalue weighted by atomic mass is 16.5. The Hall–Kier alpha value is -3.06. The third-order valence-corrected chi connectivity index (χ3v) is 6.43. The number of anilines is 1. The molecule has 0 N–H and O–H groups in total. The van der Waals surface area contributed by atoms with Crippen LogP contribution in [0.5, 0.6) is 0 Å². The topological polar surface area (TPSA) is 73.1 Å². The molecule has 160 valence electrons. The van der Waals surface area contributed by atoms with Crippen LogP contribution in [0.1, 0.15) is 43.8 Å². The molecule has 5 rings (SSSR count). The van der Waals surface area contributed by atoms with E-state index in [0.29, 0.717) is 23.9 Å². The van der Waals surface area contributed by atoms with Crippen molar-refractivity contribution >= 4 is 5.95 Å². The fourth-order valence-corrected chi connectivity index (χ4v) is 4.84. The van der Waals surface area contributed by atoms with Gasteiger partial charge in [0.25, 0.3) is 5.56 Å². The predicted octanol–water partition coefficient (Wildman–Crippen LogP) is 3.52. The lowest BCUT2D eigenvalue weighted by Crippen LogP contribution is -2.55. The van der Waals surface area contributed by atoms with E-state index in [1.165, 1.54) is 31.7 Å². The molecule has 7 heteroatoms. The molecule has 0 amide bonds. The quantitative estimate of drug-likeness (QED) is 0.649. The van der Waals surface area contributed by atoms with Gasteiger partial charge in [-0.25, -0.2) is 15.0 Å². The third kappa shape index (κ3) is 3.97. The van der Waals surface area contributed by atoms with Crippen molar-refractivity contribution < 1.29 is 4.74 Å². The van der Waals surface area contributed by atoms with Gasteiger partial charge in [0.1, 0.15) is 12.4 Å². The van der Waals surface area contributed by atoms with Crippen LogP contribution in [0.15, 0.2) is 59.8 Å². The maximum atomic E-state index is 12.8. The number of rotatable bonds is 3. The minimum atomic E-state index is -0.209. The van der Waals surface area contributed by atoms with E-state index in [1.54, 1.807) is 23.9 Å². The van der Waals surface area contributed by atoms with Gasteiger partial charge in [0.15, 0.2) is 0 Å². The Morgan fingerprint density at radius 3 is 2.61 bits per heavy atom. The second-order valence-electron chi connectivity index (χ2n) is 8.57. The number of aromatic nitrogens is 4. The largest absolute Gasteiger partial charge is 0.363 e. The summed E-state index contributed by atoms with van der Waals surface area (Å²) in [4.78, 5) is 28.2. The molecule has 1 unspecified atom stereocenters. The summed E-state index contributed by atoms with van der Waals surface area (Å²) in [7, 11) is 1.79. The van der Waals surface area contributed by atoms with E-state index in [0.717, 1.165) is 24.9 Å². The first-order valence-electron chi connectivity index (χ1n) is 11.0. The highest BCUT2D eigenvalue weighted by Crippen LogP contribution is 2.41. The van der Waals surface area contributed by atoms with Crippen LogP contribution in [-0.4, -0.2) is 38.2 Å². The Morgan fingerprint density at radius 2 is 1.87 bits per heavy atom. The number of benzene rings is 1. The number of morpholine rings is 1. The van der Waals surface area contributed by atoms with Crippen molar-refractivity contribution in [1.82, 2.24) is 19.5 Å². The van der Waals surface area contributed by atoms with E-state index in [-0.39, 0.29) is 17.3 Å². The lowest BCUT2D eigenvalue weighted by atomic mass is 9.82. The lowest BCUT2D eigenvalue weighted by molar-refractivity contribution is -0.127. The minimum Gasteiger partial charge on any atom is -0.363 e. The van der Waals surface area contributed by atoms with Gasteiger partial charge in [-0.2, -0.15) is 0 Å². The zero-order valence-electron chi connectivity index (χ0n) is 17.8. The first-order valence-corrected chi connectivity index (χ1v) is 11.0. The Bertz CT molecular complexity index is 1090. The van der Waals surface area contributed by atoms with Gasteiger partial charge < -0.3 is 9.64 Å². The fraction of sp³-hybridized carbons (Fsp3) is 0.417. The van der Waals surface area contributed by atoms with Gasteiger partial charge in [0, 0.05) is 25.9 Å². The lowest BCUT2D eigenvalue weighted by Gasteiger charge is -2.49. The van der Waals surface area contributed by atoms with Crippen LogP contribution in [0.3, 0.4) is 0 Å². The van der Waals surface area contributed by atoms with Crippen LogP contribution >= 0.6 is 0 Å². The molecule has 0 radical (unpaired) electrons. The van der Waals surface area contributed by atoms with Crippen molar-refractivity contribution in [2.24, 2.45) is 7.05 Å². The van der Waals surface area contributed by atoms with Crippen molar-refractivity contribution in [1.29, 1.82) is 0 Å². The zero-order chi connectivity index (χ0) is 21.3. The minimum absolute atomic E-state index is 0.0624. The average Bonchev–Trinajstić information content (AvgIpc) is 2.82. The van der Waals surface area contributed by atoms with Gasteiger partial charge in [-0.15, -0.1) is 0 Å². The van der Waals surface area contributed by atoms with Crippen molar-refractivity contribution in [3.63, 3.8) is 0 Å². The maximum Gasteiger partial charge on any atom is 0.255 e. The van der Waals surface area contributed by atoms with Gasteiger partial charge in [-0.05, 0) is 24.5 Å². The van der Waals surface area contributed by atoms with Crippen LogP contribution in [0, 0.1) is 0 Å². The molecule has 7 nitrogen and oxygen atoms in total. The van der Waals surface area contributed by atoms with Crippen LogP contribution in [0.2, 0.25) is 0 Å². The Morgan fingerprint density at radius 1 is 1.06 bits per heavy atom. The fourth-order valence-electron chi connectivity index (χ4n) is 4.84. The SMILES string of the molecule is Cn1c(N2CC(c3ccccc3)OC3(CCCCC3)C2)nc(-c2ccncn2)cc1=O. The Labute approximate surface area is 181 Å². The summed E-state index contributed by atoms with van der Waals surface area (Å²) in [5.74, 6) is 0.662. The van der Waals surface area contributed by atoms with Gasteiger partial charge in [0.2, 0.25) is 5.95 Å². The molecule has 2 aliphatic rings. The molecule has 1 spiro atoms. The molecule has 0 bridgehead atoms. The molecule has 1 saturated heterocycles. The maximum absolute atomic E-state index is 12.8. The highest BCUT2D eigenvalue weighted by molar-refractivity contribution is 5.55. The van der Waals surface area contributed by atoms with E-state index < -0.39 is 0 Å². The molecule has 1 atom stereocenters. The first kappa shape index (κ1) is 19.9. The molecule has 1 saturated carbocycles. The van der Waals surface area contributed by atoms with Gasteiger partial charge >= 0.3 is 0 Å². The molecule has 2 aromatic heterocycles. The van der Waals surface area contributed by atoms with Crippen molar-refractivity contribution in [3.05, 3.63) is 70.9 Å². The standard InChI is InChI=1S/C24H27N5O2/c1-28-22(30)14-20(19-10-13-25-17-26-19)27-23(28)29-15-21(18-8-4-2-5-9-18)31-24(16-29)11-6-3-7-12-24/h2,4-5,8-10,13-14,17,21H,3,6-7,11-12,15-16H2,1H3. The van der Waals surface area contributed by atoms with Crippen molar-refractivity contribution in [2.45, 2.75) is 43.8 Å². The van der Waals surface area contributed by atoms with Crippen LogP contribution in [-0.2, 0) is 11.8 Å². The molecule has 31 heavy (non-hydrogen) atoms. The summed E-state index contributed by atoms with van der Waals surface area (Å²) < 4.78 is 8.39. The smallest absolute Gasteiger partial charge is 0.255 e. The van der Waals surface area contributed by atoms with Gasteiger partial charge in [0.05, 0.1) is 23.5 Å². The third-order valence-electron chi connectivity index (χ3n) is 6.43. The molecule has 1 aliphatic heterocycles. The van der Waals surface area contributed by atoms with E-state index in [1.807, 2.05) is 6.07 Å². The summed E-state index contributed by atoms with van der Waals surface area (Å²) >= 11 is 0. The van der Waals surface area contributed by atoms with Gasteiger partial charge in [-0.1, -0.05) is 49.6 Å². The molecule has 2 fully saturated rings. The molecule has 1 aromatic carbocycles. The zero-order valence-corrected chi connectivity index (χ0v) is 17.8. The number of hydrogen-bond donors (Lipinski definition) is 0. The van der Waals surface area contributed by atoms with E-state index >= 15 is 0 Å². The summed E-state index contributed by atoms with van der Waals surface area (Å²) in [6.45, 7) is 1.39. The number of ether oxygens (including phenoxy) is 1. The van der Waals surface area contributed by atoms with Crippen LogP contribution < -0.4 is 10.5 Å². The second-order valence-corrected chi connectivity index (χ2v) is 8.57. The van der Waals surface area contributed by atoms with Gasteiger partial charge in [-0.3, -0.25) is 9.36 Å². The first-order chi connectivity index (χ1) is 15.1. The Balaban J connectivity index is 1.56. The average molecular weight is 418 g/mol.